The number of piperidine rings is 1. The first-order chi connectivity index (χ1) is 12.7. The molecule has 2 aliphatic rings. The molecule has 2 N–H and O–H groups in total. The second kappa shape index (κ2) is 7.12. The molecule has 2 aromatic rings. The Morgan fingerprint density at radius 1 is 1.12 bits per heavy atom. The Bertz CT molecular complexity index is 759. The van der Waals surface area contributed by atoms with E-state index in [1.165, 1.54) is 22.3 Å². The molecule has 4 heteroatoms. The molecule has 136 valence electrons. The number of carbonyl (C=O) groups is 1. The van der Waals surface area contributed by atoms with Crippen molar-refractivity contribution in [1.82, 2.24) is 4.90 Å². The zero-order chi connectivity index (χ0) is 18.1. The predicted octanol–water partition coefficient (Wildman–Crippen LogP) is 3.99. The number of fused-ring (bicyclic) bond motifs is 3. The van der Waals surface area contributed by atoms with Crippen molar-refractivity contribution in [3.05, 3.63) is 59.7 Å². The minimum absolute atomic E-state index is 0.114. The van der Waals surface area contributed by atoms with Gasteiger partial charge in [-0.1, -0.05) is 48.5 Å². The highest BCUT2D eigenvalue weighted by atomic mass is 16.6. The molecule has 0 bridgehead atoms. The predicted molar refractivity (Wildman–Crippen MR) is 103 cm³/mol. The highest BCUT2D eigenvalue weighted by Crippen LogP contribution is 2.44. The lowest BCUT2D eigenvalue weighted by Crippen LogP contribution is -2.46. The third kappa shape index (κ3) is 2.99. The van der Waals surface area contributed by atoms with Crippen molar-refractivity contribution in [3.63, 3.8) is 0 Å². The van der Waals surface area contributed by atoms with Gasteiger partial charge in [0.25, 0.3) is 0 Å². The molecule has 1 fully saturated rings. The largest absolute Gasteiger partial charge is 0.448 e. The molecule has 0 aromatic heterocycles. The Labute approximate surface area is 155 Å². The number of carbonyl (C=O) groups excluding carboxylic acids is 1. The van der Waals surface area contributed by atoms with E-state index in [0.29, 0.717) is 19.1 Å². The molecular formula is C22H26N2O2. The van der Waals surface area contributed by atoms with E-state index >= 15 is 0 Å². The molecular weight excluding hydrogens is 324 g/mol. The number of likely N-dealkylation sites (tertiary alicyclic amines) is 1. The summed E-state index contributed by atoms with van der Waals surface area (Å²) < 4.78 is 5.77. The van der Waals surface area contributed by atoms with Gasteiger partial charge in [0, 0.05) is 18.5 Å². The van der Waals surface area contributed by atoms with Crippen molar-refractivity contribution in [3.8, 4) is 11.1 Å². The first-order valence-corrected chi connectivity index (χ1v) is 9.50. The first kappa shape index (κ1) is 17.1. The van der Waals surface area contributed by atoms with Crippen LogP contribution < -0.4 is 5.73 Å². The Morgan fingerprint density at radius 3 is 2.31 bits per heavy atom. The molecule has 1 aliphatic heterocycles. The molecule has 4 nitrogen and oxygen atoms in total. The summed E-state index contributed by atoms with van der Waals surface area (Å²) in [7, 11) is 0. The van der Waals surface area contributed by atoms with Crippen LogP contribution in [0.1, 0.15) is 36.8 Å². The van der Waals surface area contributed by atoms with Crippen LogP contribution >= 0.6 is 0 Å². The van der Waals surface area contributed by atoms with Gasteiger partial charge in [0.15, 0.2) is 0 Å². The van der Waals surface area contributed by atoms with Crippen LogP contribution in [0.15, 0.2) is 48.5 Å². The number of benzene rings is 2. The van der Waals surface area contributed by atoms with E-state index in [4.69, 9.17) is 10.5 Å². The van der Waals surface area contributed by atoms with E-state index in [9.17, 15) is 4.79 Å². The van der Waals surface area contributed by atoms with Crippen LogP contribution in [-0.4, -0.2) is 36.7 Å². The van der Waals surface area contributed by atoms with Gasteiger partial charge in [-0.25, -0.2) is 4.79 Å². The van der Waals surface area contributed by atoms with Gasteiger partial charge < -0.3 is 15.4 Å². The number of hydrogen-bond donors (Lipinski definition) is 1. The molecule has 1 amide bonds. The summed E-state index contributed by atoms with van der Waals surface area (Å²) in [6, 6.07) is 17.0. The third-order valence-corrected chi connectivity index (χ3v) is 5.89. The Morgan fingerprint density at radius 2 is 1.73 bits per heavy atom. The quantitative estimate of drug-likeness (QED) is 0.910. The van der Waals surface area contributed by atoms with Crippen LogP contribution in [0.2, 0.25) is 0 Å². The second-order valence-corrected chi connectivity index (χ2v) is 7.47. The zero-order valence-electron chi connectivity index (χ0n) is 15.2. The van der Waals surface area contributed by atoms with Crippen LogP contribution in [0.25, 0.3) is 11.1 Å². The number of nitrogens with two attached hydrogens (primary N) is 1. The fourth-order valence-corrected chi connectivity index (χ4v) is 4.43. The fourth-order valence-electron chi connectivity index (χ4n) is 4.43. The summed E-state index contributed by atoms with van der Waals surface area (Å²) >= 11 is 0. The SMILES string of the molecule is CC1CC(CN)CCN1C(=O)OCC1c2ccccc2-c2ccccc21. The Hall–Kier alpha value is -2.33. The van der Waals surface area contributed by atoms with Crippen molar-refractivity contribution in [2.45, 2.75) is 31.7 Å². The summed E-state index contributed by atoms with van der Waals surface area (Å²) in [5, 5.41) is 0. The molecule has 1 heterocycles. The van der Waals surface area contributed by atoms with E-state index in [2.05, 4.69) is 55.5 Å². The second-order valence-electron chi connectivity index (χ2n) is 7.47. The van der Waals surface area contributed by atoms with Gasteiger partial charge >= 0.3 is 6.09 Å². The van der Waals surface area contributed by atoms with Crippen LogP contribution in [0.4, 0.5) is 4.79 Å². The van der Waals surface area contributed by atoms with Gasteiger partial charge in [0.2, 0.25) is 0 Å². The van der Waals surface area contributed by atoms with Crippen LogP contribution in [0.5, 0.6) is 0 Å². The highest BCUT2D eigenvalue weighted by Gasteiger charge is 2.32. The maximum atomic E-state index is 12.7. The van der Waals surface area contributed by atoms with Gasteiger partial charge in [0.05, 0.1) is 0 Å². The topological polar surface area (TPSA) is 55.6 Å². The first-order valence-electron chi connectivity index (χ1n) is 9.50. The van der Waals surface area contributed by atoms with Crippen molar-refractivity contribution in [2.75, 3.05) is 19.7 Å². The van der Waals surface area contributed by atoms with Crippen LogP contribution in [0, 0.1) is 5.92 Å². The lowest BCUT2D eigenvalue weighted by molar-refractivity contribution is 0.0655. The molecule has 2 atom stereocenters. The van der Waals surface area contributed by atoms with Gasteiger partial charge in [-0.05, 0) is 54.5 Å². The number of amides is 1. The third-order valence-electron chi connectivity index (χ3n) is 5.89. The maximum absolute atomic E-state index is 12.7. The minimum atomic E-state index is -0.199. The molecule has 0 radical (unpaired) electrons. The molecule has 2 unspecified atom stereocenters. The highest BCUT2D eigenvalue weighted by molar-refractivity contribution is 5.79. The maximum Gasteiger partial charge on any atom is 0.410 e. The summed E-state index contributed by atoms with van der Waals surface area (Å²) in [6.45, 7) is 3.90. The van der Waals surface area contributed by atoms with Crippen LogP contribution in [0.3, 0.4) is 0 Å². The average molecular weight is 350 g/mol. The number of hydrogen-bond acceptors (Lipinski definition) is 3. The molecule has 1 saturated heterocycles. The molecule has 0 saturated carbocycles. The number of nitrogens with zero attached hydrogens (tertiary/aromatic N) is 1. The van der Waals surface area contributed by atoms with E-state index in [-0.39, 0.29) is 18.1 Å². The normalized spacial score (nSPS) is 22.0. The van der Waals surface area contributed by atoms with Gasteiger partial charge in [0.1, 0.15) is 6.61 Å². The standard InChI is InChI=1S/C22H26N2O2/c1-15-12-16(13-23)10-11-24(15)22(25)26-14-21-19-8-4-2-6-17(19)18-7-3-5-9-20(18)21/h2-9,15-16,21H,10-14,23H2,1H3. The summed E-state index contributed by atoms with van der Waals surface area (Å²) in [6.07, 6.45) is 1.72. The van der Waals surface area contributed by atoms with Crippen LogP contribution in [-0.2, 0) is 4.74 Å². The molecule has 26 heavy (non-hydrogen) atoms. The number of rotatable bonds is 3. The average Bonchev–Trinajstić information content (AvgIpc) is 3.00. The summed E-state index contributed by atoms with van der Waals surface area (Å²) in [5.74, 6) is 0.630. The van der Waals surface area contributed by atoms with E-state index in [1.54, 1.807) is 0 Å². The van der Waals surface area contributed by atoms with Gasteiger partial charge in [-0.3, -0.25) is 0 Å². The molecule has 4 rings (SSSR count). The van der Waals surface area contributed by atoms with Crippen molar-refractivity contribution in [2.24, 2.45) is 11.7 Å². The monoisotopic (exact) mass is 350 g/mol. The summed E-state index contributed by atoms with van der Waals surface area (Å²) in [4.78, 5) is 14.5. The van der Waals surface area contributed by atoms with Crippen molar-refractivity contribution >= 4 is 6.09 Å². The fraction of sp³-hybridized carbons (Fsp3) is 0.409. The Kier molecular flexibility index (Phi) is 4.68. The van der Waals surface area contributed by atoms with Crippen molar-refractivity contribution < 1.29 is 9.53 Å². The molecule has 0 spiro atoms. The number of ether oxygens (including phenoxy) is 1. The molecule has 1 aliphatic carbocycles. The van der Waals surface area contributed by atoms with E-state index < -0.39 is 0 Å². The van der Waals surface area contributed by atoms with E-state index in [1.807, 2.05) is 4.90 Å². The van der Waals surface area contributed by atoms with E-state index in [0.717, 1.165) is 19.4 Å². The van der Waals surface area contributed by atoms with Gasteiger partial charge in [-0.2, -0.15) is 0 Å². The summed E-state index contributed by atoms with van der Waals surface area (Å²) in [5.41, 5.74) is 10.8. The Balaban J connectivity index is 1.47. The lowest BCUT2D eigenvalue weighted by Gasteiger charge is -2.36. The van der Waals surface area contributed by atoms with Gasteiger partial charge in [-0.15, -0.1) is 0 Å². The zero-order valence-corrected chi connectivity index (χ0v) is 15.2. The minimum Gasteiger partial charge on any atom is -0.448 e. The molecule has 2 aromatic carbocycles. The van der Waals surface area contributed by atoms with Crippen molar-refractivity contribution in [1.29, 1.82) is 0 Å². The lowest BCUT2D eigenvalue weighted by atomic mass is 9.92. The smallest absolute Gasteiger partial charge is 0.410 e.